The van der Waals surface area contributed by atoms with Crippen molar-refractivity contribution in [2.75, 3.05) is 19.0 Å². The molecule has 0 unspecified atom stereocenters. The average Bonchev–Trinajstić information content (AvgIpc) is 2.82. The molecule has 0 aliphatic heterocycles. The maximum atomic E-state index is 12.5. The fourth-order valence-corrected chi connectivity index (χ4v) is 3.18. The van der Waals surface area contributed by atoms with Gasteiger partial charge in [0.25, 0.3) is 5.91 Å². The minimum Gasteiger partial charge on any atom is -0.493 e. The molecule has 0 aliphatic carbocycles. The predicted octanol–water partition coefficient (Wildman–Crippen LogP) is 6.04. The van der Waals surface area contributed by atoms with Gasteiger partial charge < -0.3 is 14.8 Å². The molecule has 0 saturated heterocycles. The van der Waals surface area contributed by atoms with E-state index in [4.69, 9.17) is 9.47 Å². The second kappa shape index (κ2) is 11.1. The van der Waals surface area contributed by atoms with E-state index in [2.05, 4.69) is 19.2 Å². The summed E-state index contributed by atoms with van der Waals surface area (Å²) in [5.41, 5.74) is 4.46. The number of ketones is 1. The minimum atomic E-state index is -0.265. The first kappa shape index (κ1) is 23.8. The second-order valence-corrected chi connectivity index (χ2v) is 8.09. The lowest BCUT2D eigenvalue weighted by Crippen LogP contribution is -2.20. The molecular formula is C28H29NO4. The van der Waals surface area contributed by atoms with Crippen LogP contribution < -0.4 is 14.8 Å². The van der Waals surface area contributed by atoms with Gasteiger partial charge in [-0.3, -0.25) is 9.59 Å². The summed E-state index contributed by atoms with van der Waals surface area (Å²) in [6, 6.07) is 20.5. The molecule has 0 aromatic heterocycles. The highest BCUT2D eigenvalue weighted by molar-refractivity contribution is 6.06. The van der Waals surface area contributed by atoms with E-state index in [1.807, 2.05) is 55.5 Å². The summed E-state index contributed by atoms with van der Waals surface area (Å²) in [6.07, 6.45) is 3.27. The van der Waals surface area contributed by atoms with Crippen molar-refractivity contribution in [1.29, 1.82) is 0 Å². The van der Waals surface area contributed by atoms with Gasteiger partial charge >= 0.3 is 0 Å². The molecule has 1 N–H and O–H groups in total. The lowest BCUT2D eigenvalue weighted by atomic mass is 10.0. The first-order valence-electron chi connectivity index (χ1n) is 10.9. The Kier molecular flexibility index (Phi) is 8.03. The molecule has 5 heteroatoms. The molecule has 3 rings (SSSR count). The molecule has 0 fully saturated rings. The number of carbonyl (C=O) groups excluding carboxylic acids is 2. The molecule has 0 spiro atoms. The zero-order valence-electron chi connectivity index (χ0n) is 19.4. The topological polar surface area (TPSA) is 64.6 Å². The number of nitrogens with one attached hydrogen (secondary N) is 1. The predicted molar refractivity (Wildman–Crippen MR) is 132 cm³/mol. The fourth-order valence-electron chi connectivity index (χ4n) is 3.18. The van der Waals surface area contributed by atoms with Crippen molar-refractivity contribution in [3.63, 3.8) is 0 Å². The molecule has 0 saturated carbocycles. The Hall–Kier alpha value is -3.86. The van der Waals surface area contributed by atoms with Crippen LogP contribution in [0.3, 0.4) is 0 Å². The Bertz CT molecular complexity index is 1130. The van der Waals surface area contributed by atoms with Crippen LogP contribution >= 0.6 is 0 Å². The Labute approximate surface area is 195 Å². The van der Waals surface area contributed by atoms with Gasteiger partial charge in [-0.1, -0.05) is 68.0 Å². The quantitative estimate of drug-likeness (QED) is 0.323. The Morgan fingerprint density at radius 3 is 2.27 bits per heavy atom. The van der Waals surface area contributed by atoms with Crippen molar-refractivity contribution in [2.45, 2.75) is 26.7 Å². The number of hydrogen-bond acceptors (Lipinski definition) is 4. The Balaban J connectivity index is 1.60. The molecule has 0 atom stereocenters. The molecule has 33 heavy (non-hydrogen) atoms. The number of aryl methyl sites for hydroxylation is 1. The number of benzene rings is 3. The molecule has 0 aliphatic rings. The summed E-state index contributed by atoms with van der Waals surface area (Å²) in [4.78, 5) is 24.7. The zero-order valence-corrected chi connectivity index (χ0v) is 19.4. The Morgan fingerprint density at radius 1 is 0.939 bits per heavy atom. The number of methoxy groups -OCH3 is 1. The van der Waals surface area contributed by atoms with Crippen LogP contribution in [0.5, 0.6) is 11.5 Å². The van der Waals surface area contributed by atoms with E-state index in [1.54, 1.807) is 24.3 Å². The molecule has 0 heterocycles. The number of rotatable bonds is 9. The molecule has 0 bridgehead atoms. The molecule has 0 radical (unpaired) electrons. The summed E-state index contributed by atoms with van der Waals surface area (Å²) in [5, 5.41) is 2.79. The van der Waals surface area contributed by atoms with E-state index in [0.29, 0.717) is 28.7 Å². The molecule has 1 amide bonds. The standard InChI is InChI=1S/C28H29NO4/c1-19(2)22-9-11-23(12-10-22)25(30)15-7-21-8-16-26(27(17-21)32-4)33-18-28(31)29-24-13-5-20(3)6-14-24/h5-17,19H,18H2,1-4H3,(H,29,31)/b15-7+. The number of carbonyl (C=O) groups is 2. The summed E-state index contributed by atoms with van der Waals surface area (Å²) in [7, 11) is 1.53. The van der Waals surface area contributed by atoms with Crippen molar-refractivity contribution in [1.82, 2.24) is 0 Å². The van der Waals surface area contributed by atoms with Crippen LogP contribution in [0.15, 0.2) is 72.8 Å². The summed E-state index contributed by atoms with van der Waals surface area (Å²) < 4.78 is 11.0. The van der Waals surface area contributed by atoms with Crippen molar-refractivity contribution in [2.24, 2.45) is 0 Å². The smallest absolute Gasteiger partial charge is 0.262 e. The fraction of sp³-hybridized carbons (Fsp3) is 0.214. The zero-order chi connectivity index (χ0) is 23.8. The van der Waals surface area contributed by atoms with Crippen LogP contribution in [0.2, 0.25) is 0 Å². The van der Waals surface area contributed by atoms with Crippen LogP contribution in [0.4, 0.5) is 5.69 Å². The van der Waals surface area contributed by atoms with Crippen molar-refractivity contribution < 1.29 is 19.1 Å². The highest BCUT2D eigenvalue weighted by Crippen LogP contribution is 2.28. The van der Waals surface area contributed by atoms with Gasteiger partial charge in [-0.05, 0) is 54.3 Å². The second-order valence-electron chi connectivity index (χ2n) is 8.09. The van der Waals surface area contributed by atoms with Crippen molar-refractivity contribution in [3.05, 3.63) is 95.1 Å². The summed E-state index contributed by atoms with van der Waals surface area (Å²) in [6.45, 7) is 6.08. The van der Waals surface area contributed by atoms with Gasteiger partial charge in [0.15, 0.2) is 23.9 Å². The molecular weight excluding hydrogens is 414 g/mol. The lowest BCUT2D eigenvalue weighted by molar-refractivity contribution is -0.118. The maximum absolute atomic E-state index is 12.5. The van der Waals surface area contributed by atoms with Gasteiger partial charge in [0.2, 0.25) is 0 Å². The average molecular weight is 444 g/mol. The van der Waals surface area contributed by atoms with Crippen LogP contribution in [0, 0.1) is 6.92 Å². The van der Waals surface area contributed by atoms with Crippen molar-refractivity contribution in [3.8, 4) is 11.5 Å². The SMILES string of the molecule is COc1cc(/C=C/C(=O)c2ccc(C(C)C)cc2)ccc1OCC(=O)Nc1ccc(C)cc1. The normalized spacial score (nSPS) is 10.9. The largest absolute Gasteiger partial charge is 0.493 e. The molecule has 170 valence electrons. The first-order valence-corrected chi connectivity index (χ1v) is 10.9. The van der Waals surface area contributed by atoms with Crippen LogP contribution in [0.1, 0.15) is 46.8 Å². The highest BCUT2D eigenvalue weighted by atomic mass is 16.5. The minimum absolute atomic E-state index is 0.0719. The monoisotopic (exact) mass is 443 g/mol. The van der Waals surface area contributed by atoms with Gasteiger partial charge in [0, 0.05) is 11.3 Å². The lowest BCUT2D eigenvalue weighted by Gasteiger charge is -2.11. The van der Waals surface area contributed by atoms with E-state index < -0.39 is 0 Å². The number of anilines is 1. The molecule has 3 aromatic carbocycles. The molecule has 3 aromatic rings. The van der Waals surface area contributed by atoms with Gasteiger partial charge in [-0.25, -0.2) is 0 Å². The van der Waals surface area contributed by atoms with Crippen LogP contribution in [-0.2, 0) is 4.79 Å². The number of amides is 1. The number of ether oxygens (including phenoxy) is 2. The van der Waals surface area contributed by atoms with E-state index in [-0.39, 0.29) is 18.3 Å². The van der Waals surface area contributed by atoms with E-state index in [0.717, 1.165) is 11.1 Å². The van der Waals surface area contributed by atoms with Crippen LogP contribution in [-0.4, -0.2) is 25.4 Å². The van der Waals surface area contributed by atoms with Crippen LogP contribution in [0.25, 0.3) is 6.08 Å². The van der Waals surface area contributed by atoms with Crippen molar-refractivity contribution >= 4 is 23.5 Å². The van der Waals surface area contributed by atoms with Gasteiger partial charge in [-0.15, -0.1) is 0 Å². The van der Waals surface area contributed by atoms with E-state index in [1.165, 1.54) is 18.7 Å². The number of hydrogen-bond donors (Lipinski definition) is 1. The van der Waals surface area contributed by atoms with E-state index in [9.17, 15) is 9.59 Å². The third kappa shape index (κ3) is 6.81. The summed E-state index contributed by atoms with van der Waals surface area (Å²) in [5.74, 6) is 1.02. The third-order valence-electron chi connectivity index (χ3n) is 5.17. The van der Waals surface area contributed by atoms with Gasteiger partial charge in [0.05, 0.1) is 7.11 Å². The Morgan fingerprint density at radius 2 is 1.64 bits per heavy atom. The maximum Gasteiger partial charge on any atom is 0.262 e. The first-order chi connectivity index (χ1) is 15.9. The number of allylic oxidation sites excluding steroid dienone is 1. The van der Waals surface area contributed by atoms with Gasteiger partial charge in [0.1, 0.15) is 0 Å². The summed E-state index contributed by atoms with van der Waals surface area (Å²) >= 11 is 0. The molecule has 5 nitrogen and oxygen atoms in total. The highest BCUT2D eigenvalue weighted by Gasteiger charge is 2.09. The third-order valence-corrected chi connectivity index (χ3v) is 5.17. The van der Waals surface area contributed by atoms with Gasteiger partial charge in [-0.2, -0.15) is 0 Å². The van der Waals surface area contributed by atoms with E-state index >= 15 is 0 Å².